The number of aromatic nitrogens is 2. The molecule has 1 aliphatic rings. The molecule has 0 atom stereocenters. The highest BCUT2D eigenvalue weighted by atomic mass is 79.9. The molecule has 0 unspecified atom stereocenters. The van der Waals surface area contributed by atoms with Gasteiger partial charge in [-0.3, -0.25) is 4.68 Å². The number of alkyl halides is 1. The van der Waals surface area contributed by atoms with Crippen molar-refractivity contribution in [2.45, 2.75) is 69.7 Å². The molecule has 96 valence electrons. The minimum absolute atomic E-state index is 0.659. The Balaban J connectivity index is 2.20. The van der Waals surface area contributed by atoms with Crippen molar-refractivity contribution in [3.8, 4) is 0 Å². The van der Waals surface area contributed by atoms with E-state index in [1.54, 1.807) is 0 Å². The standard InChI is InChI=1S/C14H23BrN2/c1-2-7-14-12(10-15)11-16-17(14)13-8-5-3-4-6-9-13/h11,13H,2-10H2,1H3. The first-order valence-electron chi connectivity index (χ1n) is 6.98. The van der Waals surface area contributed by atoms with Crippen LogP contribution < -0.4 is 0 Å². The van der Waals surface area contributed by atoms with Gasteiger partial charge in [-0.2, -0.15) is 5.10 Å². The van der Waals surface area contributed by atoms with Crippen LogP contribution in [-0.2, 0) is 11.8 Å². The van der Waals surface area contributed by atoms with E-state index < -0.39 is 0 Å². The Labute approximate surface area is 113 Å². The fraction of sp³-hybridized carbons (Fsp3) is 0.786. The van der Waals surface area contributed by atoms with Crippen molar-refractivity contribution < 1.29 is 0 Å². The first-order chi connectivity index (χ1) is 8.36. The van der Waals surface area contributed by atoms with E-state index in [0.29, 0.717) is 6.04 Å². The van der Waals surface area contributed by atoms with E-state index in [0.717, 1.165) is 11.8 Å². The highest BCUT2D eigenvalue weighted by molar-refractivity contribution is 9.08. The predicted molar refractivity (Wildman–Crippen MR) is 75.6 cm³/mol. The van der Waals surface area contributed by atoms with Gasteiger partial charge in [0.25, 0.3) is 0 Å². The third-order valence-electron chi connectivity index (χ3n) is 3.79. The van der Waals surface area contributed by atoms with E-state index in [2.05, 4.69) is 38.8 Å². The maximum Gasteiger partial charge on any atom is 0.0533 e. The van der Waals surface area contributed by atoms with Crippen LogP contribution >= 0.6 is 15.9 Å². The second-order valence-electron chi connectivity index (χ2n) is 5.09. The summed E-state index contributed by atoms with van der Waals surface area (Å²) in [5.41, 5.74) is 2.85. The lowest BCUT2D eigenvalue weighted by Gasteiger charge is -2.18. The van der Waals surface area contributed by atoms with Gasteiger partial charge in [0.2, 0.25) is 0 Å². The summed E-state index contributed by atoms with van der Waals surface area (Å²) in [6, 6.07) is 0.659. The third-order valence-corrected chi connectivity index (χ3v) is 4.39. The summed E-state index contributed by atoms with van der Waals surface area (Å²) in [4.78, 5) is 0. The van der Waals surface area contributed by atoms with Crippen molar-refractivity contribution in [1.82, 2.24) is 9.78 Å². The number of nitrogens with zero attached hydrogens (tertiary/aromatic N) is 2. The Morgan fingerprint density at radius 3 is 2.59 bits per heavy atom. The average Bonchev–Trinajstić information content (AvgIpc) is 2.58. The second-order valence-corrected chi connectivity index (χ2v) is 5.65. The van der Waals surface area contributed by atoms with Crippen molar-refractivity contribution >= 4 is 15.9 Å². The Morgan fingerprint density at radius 1 is 1.29 bits per heavy atom. The first kappa shape index (κ1) is 13.1. The molecular formula is C14H23BrN2. The van der Waals surface area contributed by atoms with Crippen LogP contribution in [0.25, 0.3) is 0 Å². The van der Waals surface area contributed by atoms with E-state index in [1.807, 2.05) is 0 Å². The van der Waals surface area contributed by atoms with Gasteiger partial charge in [0.1, 0.15) is 0 Å². The van der Waals surface area contributed by atoms with Gasteiger partial charge in [-0.1, -0.05) is 55.0 Å². The minimum Gasteiger partial charge on any atom is -0.266 e. The van der Waals surface area contributed by atoms with Crippen LogP contribution in [0.1, 0.15) is 69.2 Å². The molecule has 2 nitrogen and oxygen atoms in total. The van der Waals surface area contributed by atoms with Crippen molar-refractivity contribution in [3.05, 3.63) is 17.5 Å². The van der Waals surface area contributed by atoms with E-state index in [-0.39, 0.29) is 0 Å². The summed E-state index contributed by atoms with van der Waals surface area (Å²) in [6.45, 7) is 2.25. The van der Waals surface area contributed by atoms with Crippen LogP contribution in [0.3, 0.4) is 0 Å². The molecule has 1 heterocycles. The topological polar surface area (TPSA) is 17.8 Å². The lowest BCUT2D eigenvalue weighted by molar-refractivity contribution is 0.392. The first-order valence-corrected chi connectivity index (χ1v) is 8.10. The van der Waals surface area contributed by atoms with E-state index in [4.69, 9.17) is 0 Å². The van der Waals surface area contributed by atoms with E-state index in [1.165, 1.54) is 56.2 Å². The van der Waals surface area contributed by atoms with Gasteiger partial charge < -0.3 is 0 Å². The average molecular weight is 299 g/mol. The summed E-state index contributed by atoms with van der Waals surface area (Å²) in [6.07, 6.45) is 12.6. The van der Waals surface area contributed by atoms with Gasteiger partial charge >= 0.3 is 0 Å². The van der Waals surface area contributed by atoms with Gasteiger partial charge in [0.15, 0.2) is 0 Å². The quantitative estimate of drug-likeness (QED) is 0.585. The summed E-state index contributed by atoms with van der Waals surface area (Å²) in [7, 11) is 0. The molecule has 1 fully saturated rings. The molecular weight excluding hydrogens is 276 g/mol. The number of hydrogen-bond acceptors (Lipinski definition) is 1. The lowest BCUT2D eigenvalue weighted by atomic mass is 10.1. The summed E-state index contributed by atoms with van der Waals surface area (Å²) < 4.78 is 2.34. The predicted octanol–water partition coefficient (Wildman–Crippen LogP) is 4.63. The lowest BCUT2D eigenvalue weighted by Crippen LogP contribution is -2.13. The Kier molecular flexibility index (Phi) is 5.08. The molecule has 0 radical (unpaired) electrons. The van der Waals surface area contributed by atoms with Gasteiger partial charge in [-0.25, -0.2) is 0 Å². The highest BCUT2D eigenvalue weighted by Gasteiger charge is 2.19. The van der Waals surface area contributed by atoms with Crippen LogP contribution in [0.15, 0.2) is 6.20 Å². The molecule has 0 saturated heterocycles. The second kappa shape index (κ2) is 6.58. The summed E-state index contributed by atoms with van der Waals surface area (Å²) in [5.74, 6) is 0. The zero-order valence-electron chi connectivity index (χ0n) is 10.8. The van der Waals surface area contributed by atoms with Gasteiger partial charge in [-0.05, 0) is 19.3 Å². The SMILES string of the molecule is CCCc1c(CBr)cnn1C1CCCCCC1. The van der Waals surface area contributed by atoms with Gasteiger partial charge in [0.05, 0.1) is 12.2 Å². The van der Waals surface area contributed by atoms with Gasteiger partial charge in [0, 0.05) is 16.6 Å². The molecule has 2 rings (SSSR count). The summed E-state index contributed by atoms with van der Waals surface area (Å²) >= 11 is 3.58. The largest absolute Gasteiger partial charge is 0.266 e. The zero-order valence-corrected chi connectivity index (χ0v) is 12.4. The number of rotatable bonds is 4. The molecule has 0 spiro atoms. The molecule has 0 aromatic carbocycles. The smallest absolute Gasteiger partial charge is 0.0533 e. The normalized spacial score (nSPS) is 18.2. The van der Waals surface area contributed by atoms with E-state index in [9.17, 15) is 0 Å². The summed E-state index contributed by atoms with van der Waals surface area (Å²) in [5, 5.41) is 5.60. The van der Waals surface area contributed by atoms with Crippen LogP contribution in [0, 0.1) is 0 Å². The maximum absolute atomic E-state index is 4.66. The molecule has 0 aliphatic heterocycles. The van der Waals surface area contributed by atoms with Crippen molar-refractivity contribution in [2.75, 3.05) is 0 Å². The molecule has 0 N–H and O–H groups in total. The molecule has 1 saturated carbocycles. The molecule has 1 aromatic heterocycles. The van der Waals surface area contributed by atoms with Crippen LogP contribution in [0.5, 0.6) is 0 Å². The fourth-order valence-electron chi connectivity index (χ4n) is 2.86. The third kappa shape index (κ3) is 3.12. The fourth-order valence-corrected chi connectivity index (χ4v) is 3.33. The van der Waals surface area contributed by atoms with Gasteiger partial charge in [-0.15, -0.1) is 0 Å². The number of hydrogen-bond donors (Lipinski definition) is 0. The monoisotopic (exact) mass is 298 g/mol. The molecule has 0 bridgehead atoms. The Morgan fingerprint density at radius 2 is 2.00 bits per heavy atom. The Hall–Kier alpha value is -0.310. The van der Waals surface area contributed by atoms with Crippen LogP contribution in [0.4, 0.5) is 0 Å². The highest BCUT2D eigenvalue weighted by Crippen LogP contribution is 2.29. The molecule has 1 aliphatic carbocycles. The van der Waals surface area contributed by atoms with Crippen molar-refractivity contribution in [3.63, 3.8) is 0 Å². The molecule has 3 heteroatoms. The molecule has 17 heavy (non-hydrogen) atoms. The van der Waals surface area contributed by atoms with E-state index >= 15 is 0 Å². The van der Waals surface area contributed by atoms with Crippen LogP contribution in [-0.4, -0.2) is 9.78 Å². The zero-order chi connectivity index (χ0) is 12.1. The maximum atomic E-state index is 4.66. The Bertz CT molecular complexity index is 338. The van der Waals surface area contributed by atoms with Crippen molar-refractivity contribution in [2.24, 2.45) is 0 Å². The van der Waals surface area contributed by atoms with Crippen molar-refractivity contribution in [1.29, 1.82) is 0 Å². The van der Waals surface area contributed by atoms with Crippen LogP contribution in [0.2, 0.25) is 0 Å². The number of halogens is 1. The molecule has 1 aromatic rings. The minimum atomic E-state index is 0.659. The molecule has 0 amide bonds.